The number of nitrogens with zero attached hydrogens (tertiary/aromatic N) is 3. The van der Waals surface area contributed by atoms with Gasteiger partial charge in [0.1, 0.15) is 0 Å². The van der Waals surface area contributed by atoms with Crippen LogP contribution in [-0.4, -0.2) is 27.6 Å². The summed E-state index contributed by atoms with van der Waals surface area (Å²) in [5.74, 6) is 0. The van der Waals surface area contributed by atoms with E-state index in [9.17, 15) is 4.79 Å². The largest absolute Gasteiger partial charge is 0.379 e. The van der Waals surface area contributed by atoms with Crippen LogP contribution in [0.4, 0.5) is 0 Å². The van der Waals surface area contributed by atoms with Crippen LogP contribution in [0.25, 0.3) is 22.2 Å². The Labute approximate surface area is 186 Å². The van der Waals surface area contributed by atoms with Crippen LogP contribution in [0, 0.1) is 3.57 Å². The molecule has 1 saturated heterocycles. The minimum absolute atomic E-state index is 0.0596. The quantitative estimate of drug-likeness (QED) is 0.360. The fraction of sp³-hybridized carbons (Fsp3) is 0.273. The predicted molar refractivity (Wildman–Crippen MR) is 123 cm³/mol. The maximum absolute atomic E-state index is 13.2. The lowest BCUT2D eigenvalue weighted by Gasteiger charge is -2.22. The first kappa shape index (κ1) is 19.1. The van der Waals surface area contributed by atoms with E-state index < -0.39 is 0 Å². The summed E-state index contributed by atoms with van der Waals surface area (Å²) in [5.41, 5.74) is 3.22. The van der Waals surface area contributed by atoms with Gasteiger partial charge in [0.05, 0.1) is 29.7 Å². The number of benzene rings is 2. The van der Waals surface area contributed by atoms with E-state index in [-0.39, 0.29) is 11.6 Å². The summed E-state index contributed by atoms with van der Waals surface area (Å²) in [6, 6.07) is 14.1. The molecule has 0 bridgehead atoms. The Morgan fingerprint density at radius 2 is 2.03 bits per heavy atom. The Balaban J connectivity index is 1.71. The molecule has 7 heteroatoms. The van der Waals surface area contributed by atoms with Crippen molar-refractivity contribution >= 4 is 45.1 Å². The zero-order chi connectivity index (χ0) is 20.0. The molecule has 0 amide bonds. The summed E-state index contributed by atoms with van der Waals surface area (Å²) in [6.45, 7) is 1.88. The Bertz CT molecular complexity index is 1210. The van der Waals surface area contributed by atoms with Crippen LogP contribution in [0.1, 0.15) is 24.4 Å². The molecular weight excluding hydrogens is 501 g/mol. The molecule has 5 nitrogen and oxygen atoms in total. The minimum atomic E-state index is -0.0614. The van der Waals surface area contributed by atoms with E-state index in [4.69, 9.17) is 21.4 Å². The molecular formula is C22H19ClIN3O2. The normalized spacial score (nSPS) is 17.2. The summed E-state index contributed by atoms with van der Waals surface area (Å²) >= 11 is 8.87. The van der Waals surface area contributed by atoms with Gasteiger partial charge in [0.2, 0.25) is 0 Å². The predicted octanol–water partition coefficient (Wildman–Crippen LogP) is 4.96. The van der Waals surface area contributed by atoms with Gasteiger partial charge in [-0.2, -0.15) is 5.10 Å². The van der Waals surface area contributed by atoms with Crippen molar-refractivity contribution < 1.29 is 4.74 Å². The molecule has 1 fully saturated rings. The van der Waals surface area contributed by atoms with Crippen LogP contribution in [0.15, 0.2) is 53.5 Å². The fourth-order valence-corrected chi connectivity index (χ4v) is 4.68. The molecule has 0 aromatic heterocycles. The summed E-state index contributed by atoms with van der Waals surface area (Å²) in [7, 11) is 0. The number of rotatable bonds is 3. The average molecular weight is 520 g/mol. The highest BCUT2D eigenvalue weighted by molar-refractivity contribution is 14.1. The van der Waals surface area contributed by atoms with Gasteiger partial charge in [-0.25, -0.2) is 0 Å². The minimum Gasteiger partial charge on any atom is -0.379 e. The first-order valence-electron chi connectivity index (χ1n) is 9.64. The van der Waals surface area contributed by atoms with Gasteiger partial charge in [-0.05, 0) is 59.2 Å². The highest BCUT2D eigenvalue weighted by Gasteiger charge is 2.25. The van der Waals surface area contributed by atoms with E-state index in [2.05, 4.69) is 46.9 Å². The lowest BCUT2D eigenvalue weighted by atomic mass is 10.1. The van der Waals surface area contributed by atoms with Crippen LogP contribution in [0.2, 0.25) is 5.02 Å². The van der Waals surface area contributed by atoms with E-state index in [1.54, 1.807) is 4.57 Å². The molecule has 1 unspecified atom stereocenters. The Morgan fingerprint density at radius 1 is 1.21 bits per heavy atom. The molecule has 29 heavy (non-hydrogen) atoms. The van der Waals surface area contributed by atoms with Crippen molar-refractivity contribution in [3.63, 3.8) is 0 Å². The van der Waals surface area contributed by atoms with Crippen LogP contribution in [-0.2, 0) is 11.3 Å². The Hall–Kier alpha value is -1.90. The highest BCUT2D eigenvalue weighted by atomic mass is 127. The monoisotopic (exact) mass is 519 g/mol. The molecule has 148 valence electrons. The van der Waals surface area contributed by atoms with Crippen LogP contribution in [0.3, 0.4) is 0 Å². The van der Waals surface area contributed by atoms with Crippen molar-refractivity contribution in [3.05, 3.63) is 73.2 Å². The third-order valence-electron chi connectivity index (χ3n) is 5.49. The number of aromatic nitrogens is 3. The zero-order valence-corrected chi connectivity index (χ0v) is 18.6. The van der Waals surface area contributed by atoms with Gasteiger partial charge < -0.3 is 9.30 Å². The lowest BCUT2D eigenvalue weighted by molar-refractivity contribution is 0.0584. The second-order valence-corrected chi connectivity index (χ2v) is 9.05. The first-order chi connectivity index (χ1) is 14.1. The van der Waals surface area contributed by atoms with Crippen LogP contribution < -0.4 is 5.56 Å². The summed E-state index contributed by atoms with van der Waals surface area (Å²) < 4.78 is 10.4. The van der Waals surface area contributed by atoms with E-state index in [0.717, 1.165) is 41.5 Å². The van der Waals surface area contributed by atoms with Gasteiger partial charge in [0.15, 0.2) is 5.69 Å². The zero-order valence-electron chi connectivity index (χ0n) is 15.6. The van der Waals surface area contributed by atoms with Crippen molar-refractivity contribution in [3.8, 4) is 11.3 Å². The second-order valence-electron chi connectivity index (χ2n) is 7.39. The van der Waals surface area contributed by atoms with Crippen molar-refractivity contribution in [2.45, 2.75) is 25.4 Å². The number of para-hydroxylation sites is 1. The molecule has 1 atom stereocenters. The van der Waals surface area contributed by atoms with E-state index in [0.29, 0.717) is 23.9 Å². The molecule has 0 aliphatic carbocycles. The van der Waals surface area contributed by atoms with Crippen molar-refractivity contribution in [1.82, 2.24) is 14.3 Å². The molecule has 3 heterocycles. The topological polar surface area (TPSA) is 49.0 Å². The van der Waals surface area contributed by atoms with Gasteiger partial charge in [-0.15, -0.1) is 0 Å². The smallest absolute Gasteiger partial charge is 0.279 e. The lowest BCUT2D eigenvalue weighted by Crippen LogP contribution is -2.28. The molecule has 3 aliphatic rings. The van der Waals surface area contributed by atoms with Gasteiger partial charge in [-0.3, -0.25) is 9.48 Å². The second kappa shape index (κ2) is 7.74. The van der Waals surface area contributed by atoms with Gasteiger partial charge in [0.25, 0.3) is 5.56 Å². The van der Waals surface area contributed by atoms with Crippen LogP contribution >= 0.6 is 34.2 Å². The van der Waals surface area contributed by atoms with Gasteiger partial charge in [0, 0.05) is 27.3 Å². The maximum Gasteiger partial charge on any atom is 0.279 e. The van der Waals surface area contributed by atoms with Gasteiger partial charge >= 0.3 is 0 Å². The summed E-state index contributed by atoms with van der Waals surface area (Å²) in [4.78, 5) is 13.2. The highest BCUT2D eigenvalue weighted by Crippen LogP contribution is 2.33. The Morgan fingerprint density at radius 3 is 2.79 bits per heavy atom. The van der Waals surface area contributed by atoms with E-state index in [1.807, 2.05) is 29.1 Å². The molecule has 0 spiro atoms. The van der Waals surface area contributed by atoms with E-state index >= 15 is 0 Å². The third kappa shape index (κ3) is 3.47. The summed E-state index contributed by atoms with van der Waals surface area (Å²) in [5, 5.41) is 6.33. The molecule has 2 aromatic rings. The number of halogens is 2. The average Bonchev–Trinajstić information content (AvgIpc) is 3.07. The molecule has 5 rings (SSSR count). The molecule has 0 radical (unpaired) electrons. The summed E-state index contributed by atoms with van der Waals surface area (Å²) in [6.07, 6.45) is 3.83. The maximum atomic E-state index is 13.2. The van der Waals surface area contributed by atoms with E-state index in [1.165, 1.54) is 3.57 Å². The van der Waals surface area contributed by atoms with Crippen molar-refractivity contribution in [2.75, 3.05) is 13.2 Å². The number of hydrogen-bond acceptors (Lipinski definition) is 3. The number of fused-ring (bicyclic) bond motifs is 3. The number of ether oxygens (including phenoxy) is 1. The molecule has 0 N–H and O–H groups in total. The third-order valence-corrected chi connectivity index (χ3v) is 6.52. The fourth-order valence-electron chi connectivity index (χ4n) is 4.05. The molecule has 0 saturated carbocycles. The van der Waals surface area contributed by atoms with Crippen molar-refractivity contribution in [1.29, 1.82) is 0 Å². The standard InChI is InChI=1S/C22H19ClIN3O2/c23-19-5-1-4-17-18-12-26(16-3-2-10-29-13-16)22(28)20(18)25-27(21(17)19)11-14-6-8-15(24)9-7-14/h1,4-9,12,16H,2-3,10-11,13H2. The van der Waals surface area contributed by atoms with Crippen molar-refractivity contribution in [2.24, 2.45) is 0 Å². The van der Waals surface area contributed by atoms with Gasteiger partial charge in [-0.1, -0.05) is 35.9 Å². The molecule has 3 aliphatic heterocycles. The SMILES string of the molecule is O=c1c2nn(Cc3ccc(I)cc3)c3c(Cl)cccc3c-2cn1C1CCCOC1. The van der Waals surface area contributed by atoms with Crippen LogP contribution in [0.5, 0.6) is 0 Å². The first-order valence-corrected chi connectivity index (χ1v) is 11.1. The Kier molecular flexibility index (Phi) is 5.09. The number of hydrogen-bond donors (Lipinski definition) is 0. The molecule has 2 aromatic carbocycles.